The first kappa shape index (κ1) is 14.3. The Morgan fingerprint density at radius 2 is 2.26 bits per heavy atom. The van der Waals surface area contributed by atoms with Gasteiger partial charge in [-0.1, -0.05) is 11.2 Å². The summed E-state index contributed by atoms with van der Waals surface area (Å²) in [6.07, 6.45) is 1.86. The second-order valence-corrected chi connectivity index (χ2v) is 6.32. The number of anilines is 1. The molecule has 6 nitrogen and oxygen atoms in total. The molecule has 3 aromatic heterocycles. The number of pyridine rings is 1. The first-order valence-corrected chi connectivity index (χ1v) is 8.35. The summed E-state index contributed by atoms with van der Waals surface area (Å²) < 4.78 is 11.2. The lowest BCUT2D eigenvalue weighted by molar-refractivity contribution is 0.0419. The SMILES string of the molecule is Cc1noc(-c2cccnc2N2CCOC(c3cccs3)C2)n1. The van der Waals surface area contributed by atoms with Crippen LogP contribution in [-0.2, 0) is 4.74 Å². The molecule has 118 valence electrons. The number of ether oxygens (including phenoxy) is 1. The van der Waals surface area contributed by atoms with Gasteiger partial charge in [-0.25, -0.2) is 4.98 Å². The molecule has 3 aromatic rings. The van der Waals surface area contributed by atoms with Gasteiger partial charge in [0.15, 0.2) is 5.82 Å². The van der Waals surface area contributed by atoms with Crippen LogP contribution in [0.2, 0.25) is 0 Å². The van der Waals surface area contributed by atoms with Crippen LogP contribution in [0.1, 0.15) is 16.8 Å². The second-order valence-electron chi connectivity index (χ2n) is 5.34. The molecular weight excluding hydrogens is 312 g/mol. The van der Waals surface area contributed by atoms with Gasteiger partial charge in [-0.05, 0) is 30.5 Å². The van der Waals surface area contributed by atoms with Crippen molar-refractivity contribution in [3.63, 3.8) is 0 Å². The van der Waals surface area contributed by atoms with Gasteiger partial charge >= 0.3 is 0 Å². The maximum absolute atomic E-state index is 5.91. The maximum Gasteiger partial charge on any atom is 0.261 e. The number of morpholine rings is 1. The molecule has 1 fully saturated rings. The van der Waals surface area contributed by atoms with E-state index in [1.54, 1.807) is 17.5 Å². The van der Waals surface area contributed by atoms with Gasteiger partial charge in [-0.2, -0.15) is 4.98 Å². The van der Waals surface area contributed by atoms with Gasteiger partial charge in [0.1, 0.15) is 11.9 Å². The number of aryl methyl sites for hydroxylation is 1. The lowest BCUT2D eigenvalue weighted by Crippen LogP contribution is -2.38. The summed E-state index contributed by atoms with van der Waals surface area (Å²) in [6.45, 7) is 4.03. The molecule has 0 spiro atoms. The molecule has 0 amide bonds. The lowest BCUT2D eigenvalue weighted by atomic mass is 10.2. The zero-order chi connectivity index (χ0) is 15.6. The van der Waals surface area contributed by atoms with E-state index in [4.69, 9.17) is 9.26 Å². The molecular formula is C16H16N4O2S. The highest BCUT2D eigenvalue weighted by Crippen LogP contribution is 2.32. The molecule has 0 aromatic carbocycles. The van der Waals surface area contributed by atoms with E-state index in [1.807, 2.05) is 19.1 Å². The minimum Gasteiger partial charge on any atom is -0.369 e. The predicted octanol–water partition coefficient (Wildman–Crippen LogP) is 3.08. The van der Waals surface area contributed by atoms with Crippen molar-refractivity contribution >= 4 is 17.2 Å². The van der Waals surface area contributed by atoms with E-state index in [1.165, 1.54) is 4.88 Å². The third kappa shape index (κ3) is 2.85. The van der Waals surface area contributed by atoms with Crippen LogP contribution in [0.15, 0.2) is 40.4 Å². The highest BCUT2D eigenvalue weighted by atomic mass is 32.1. The Morgan fingerprint density at radius 1 is 1.30 bits per heavy atom. The number of aromatic nitrogens is 3. The molecule has 1 saturated heterocycles. The molecule has 1 unspecified atom stereocenters. The van der Waals surface area contributed by atoms with E-state index in [-0.39, 0.29) is 6.10 Å². The van der Waals surface area contributed by atoms with Crippen LogP contribution in [0.4, 0.5) is 5.82 Å². The van der Waals surface area contributed by atoms with E-state index in [0.717, 1.165) is 24.5 Å². The summed E-state index contributed by atoms with van der Waals surface area (Å²) in [7, 11) is 0. The van der Waals surface area contributed by atoms with Crippen LogP contribution in [0.5, 0.6) is 0 Å². The second kappa shape index (κ2) is 6.10. The zero-order valence-corrected chi connectivity index (χ0v) is 13.5. The van der Waals surface area contributed by atoms with Gasteiger partial charge in [0, 0.05) is 17.6 Å². The van der Waals surface area contributed by atoms with Crippen LogP contribution in [0.25, 0.3) is 11.5 Å². The smallest absolute Gasteiger partial charge is 0.261 e. The van der Waals surface area contributed by atoms with Crippen LogP contribution >= 0.6 is 11.3 Å². The van der Waals surface area contributed by atoms with E-state index >= 15 is 0 Å². The molecule has 0 radical (unpaired) electrons. The zero-order valence-electron chi connectivity index (χ0n) is 12.7. The van der Waals surface area contributed by atoms with Crippen molar-refractivity contribution in [3.05, 3.63) is 46.5 Å². The average molecular weight is 328 g/mol. The normalized spacial score (nSPS) is 18.3. The van der Waals surface area contributed by atoms with Crippen molar-refractivity contribution < 1.29 is 9.26 Å². The third-order valence-corrected chi connectivity index (χ3v) is 4.74. The molecule has 0 N–H and O–H groups in total. The van der Waals surface area contributed by atoms with Gasteiger partial charge in [0.05, 0.1) is 18.7 Å². The summed E-state index contributed by atoms with van der Waals surface area (Å²) in [5, 5.41) is 5.95. The quantitative estimate of drug-likeness (QED) is 0.736. The number of rotatable bonds is 3. The molecule has 23 heavy (non-hydrogen) atoms. The van der Waals surface area contributed by atoms with E-state index in [0.29, 0.717) is 18.3 Å². The van der Waals surface area contributed by atoms with Crippen molar-refractivity contribution in [3.8, 4) is 11.5 Å². The Labute approximate surface area is 137 Å². The molecule has 4 heterocycles. The third-order valence-electron chi connectivity index (χ3n) is 3.77. The molecule has 0 bridgehead atoms. The van der Waals surface area contributed by atoms with Crippen molar-refractivity contribution in [2.45, 2.75) is 13.0 Å². The van der Waals surface area contributed by atoms with Gasteiger partial charge < -0.3 is 14.2 Å². The van der Waals surface area contributed by atoms with Gasteiger partial charge in [0.25, 0.3) is 5.89 Å². The Bertz CT molecular complexity index is 787. The summed E-state index contributed by atoms with van der Waals surface area (Å²) in [5.74, 6) is 1.99. The first-order chi connectivity index (χ1) is 11.3. The van der Waals surface area contributed by atoms with Crippen LogP contribution in [-0.4, -0.2) is 34.8 Å². The fourth-order valence-corrected chi connectivity index (χ4v) is 3.48. The van der Waals surface area contributed by atoms with E-state index < -0.39 is 0 Å². The molecule has 4 rings (SSSR count). The average Bonchev–Trinajstić information content (AvgIpc) is 3.27. The monoisotopic (exact) mass is 328 g/mol. The van der Waals surface area contributed by atoms with Crippen LogP contribution < -0.4 is 4.90 Å². The molecule has 0 aliphatic carbocycles. The minimum atomic E-state index is 0.0722. The Kier molecular flexibility index (Phi) is 3.80. The molecule has 7 heteroatoms. The lowest BCUT2D eigenvalue weighted by Gasteiger charge is -2.34. The predicted molar refractivity (Wildman–Crippen MR) is 87.5 cm³/mol. The first-order valence-electron chi connectivity index (χ1n) is 7.47. The molecule has 1 aliphatic rings. The highest BCUT2D eigenvalue weighted by Gasteiger charge is 2.26. The Balaban J connectivity index is 1.65. The number of hydrogen-bond donors (Lipinski definition) is 0. The molecule has 1 atom stereocenters. The highest BCUT2D eigenvalue weighted by molar-refractivity contribution is 7.10. The number of thiophene rings is 1. The maximum atomic E-state index is 5.91. The Hall–Kier alpha value is -2.25. The van der Waals surface area contributed by atoms with Gasteiger partial charge in [0.2, 0.25) is 0 Å². The van der Waals surface area contributed by atoms with Crippen molar-refractivity contribution in [2.75, 3.05) is 24.6 Å². The minimum absolute atomic E-state index is 0.0722. The van der Waals surface area contributed by atoms with Gasteiger partial charge in [-0.3, -0.25) is 0 Å². The van der Waals surface area contributed by atoms with Crippen LogP contribution in [0, 0.1) is 6.92 Å². The van der Waals surface area contributed by atoms with E-state index in [2.05, 4.69) is 37.5 Å². The number of hydrogen-bond acceptors (Lipinski definition) is 7. The van der Waals surface area contributed by atoms with Crippen LogP contribution in [0.3, 0.4) is 0 Å². The summed E-state index contributed by atoms with van der Waals surface area (Å²) in [6, 6.07) is 8.01. The molecule has 0 saturated carbocycles. The van der Waals surface area contributed by atoms with Crippen molar-refractivity contribution in [1.29, 1.82) is 0 Å². The standard InChI is InChI=1S/C16H16N4O2S/c1-11-18-16(22-19-11)12-4-2-6-17-15(12)20-7-8-21-13(10-20)14-5-3-9-23-14/h2-6,9,13H,7-8,10H2,1H3. The molecule has 1 aliphatic heterocycles. The van der Waals surface area contributed by atoms with Gasteiger partial charge in [-0.15, -0.1) is 11.3 Å². The largest absolute Gasteiger partial charge is 0.369 e. The van der Waals surface area contributed by atoms with E-state index in [9.17, 15) is 0 Å². The Morgan fingerprint density at radius 3 is 3.04 bits per heavy atom. The number of nitrogens with zero attached hydrogens (tertiary/aromatic N) is 4. The van der Waals surface area contributed by atoms with Crippen molar-refractivity contribution in [2.24, 2.45) is 0 Å². The fraction of sp³-hybridized carbons (Fsp3) is 0.312. The van der Waals surface area contributed by atoms with Crippen molar-refractivity contribution in [1.82, 2.24) is 15.1 Å². The summed E-state index contributed by atoms with van der Waals surface area (Å²) in [5.41, 5.74) is 0.861. The summed E-state index contributed by atoms with van der Waals surface area (Å²) >= 11 is 1.72. The fourth-order valence-electron chi connectivity index (χ4n) is 2.71. The topological polar surface area (TPSA) is 64.3 Å². The summed E-state index contributed by atoms with van der Waals surface area (Å²) in [4.78, 5) is 12.3.